The van der Waals surface area contributed by atoms with E-state index >= 15 is 0 Å². The van der Waals surface area contributed by atoms with Crippen molar-refractivity contribution in [3.05, 3.63) is 0 Å². The fourth-order valence-electron chi connectivity index (χ4n) is 1.85. The molecular weight excluding hydrogens is 194 g/mol. The van der Waals surface area contributed by atoms with Crippen molar-refractivity contribution in [2.75, 3.05) is 0 Å². The number of amides is 1. The number of carboxylic acids is 1. The number of aliphatic carboxylic acids is 1. The summed E-state index contributed by atoms with van der Waals surface area (Å²) in [5.41, 5.74) is -0.959. The van der Waals surface area contributed by atoms with Crippen molar-refractivity contribution in [1.29, 1.82) is 0 Å². The second kappa shape index (κ2) is 4.64. The zero-order valence-corrected chi connectivity index (χ0v) is 9.38. The molecule has 86 valence electrons. The molecule has 0 heterocycles. The zero-order chi connectivity index (χ0) is 11.5. The minimum absolute atomic E-state index is 0.0909. The minimum atomic E-state index is -0.959. The molecule has 0 bridgehead atoms. The normalized spacial score (nSPS) is 20.1. The summed E-state index contributed by atoms with van der Waals surface area (Å²) in [6.07, 6.45) is 3.75. The van der Waals surface area contributed by atoms with Gasteiger partial charge in [-0.05, 0) is 25.7 Å². The molecule has 4 nitrogen and oxygen atoms in total. The molecule has 1 atom stereocenters. The molecule has 0 saturated heterocycles. The van der Waals surface area contributed by atoms with Gasteiger partial charge in [-0.25, -0.2) is 4.79 Å². The van der Waals surface area contributed by atoms with E-state index in [1.54, 1.807) is 0 Å². The minimum Gasteiger partial charge on any atom is -0.480 e. The molecule has 1 aliphatic carbocycles. The summed E-state index contributed by atoms with van der Waals surface area (Å²) in [7, 11) is 0. The third-order valence-electron chi connectivity index (χ3n) is 3.15. The highest BCUT2D eigenvalue weighted by Crippen LogP contribution is 2.32. The van der Waals surface area contributed by atoms with Crippen molar-refractivity contribution in [3.63, 3.8) is 0 Å². The third kappa shape index (κ3) is 2.49. The number of rotatable bonds is 5. The second-order valence-corrected chi connectivity index (χ2v) is 4.42. The predicted molar refractivity (Wildman–Crippen MR) is 56.4 cm³/mol. The number of carboxylic acid groups (broad SMARTS) is 1. The van der Waals surface area contributed by atoms with Gasteiger partial charge in [0, 0.05) is 5.92 Å². The Morgan fingerprint density at radius 3 is 2.40 bits per heavy atom. The van der Waals surface area contributed by atoms with E-state index in [1.165, 1.54) is 0 Å². The van der Waals surface area contributed by atoms with Gasteiger partial charge in [-0.2, -0.15) is 0 Å². The summed E-state index contributed by atoms with van der Waals surface area (Å²) in [5.74, 6) is -1.11. The first-order valence-electron chi connectivity index (χ1n) is 5.57. The summed E-state index contributed by atoms with van der Waals surface area (Å²) in [4.78, 5) is 22.7. The highest BCUT2D eigenvalue weighted by molar-refractivity contribution is 5.88. The standard InChI is InChI=1S/C11H19NO3/c1-3-5-8(2)9(13)12-11(10(14)15)6-4-7-11/h8H,3-7H2,1-2H3,(H,12,13)(H,14,15). The van der Waals surface area contributed by atoms with Crippen LogP contribution in [0.15, 0.2) is 0 Å². The first kappa shape index (κ1) is 12.0. The Morgan fingerprint density at radius 1 is 1.47 bits per heavy atom. The molecule has 15 heavy (non-hydrogen) atoms. The quantitative estimate of drug-likeness (QED) is 0.728. The SMILES string of the molecule is CCCC(C)C(=O)NC1(C(=O)O)CCC1. The Kier molecular flexibility index (Phi) is 3.72. The fourth-order valence-corrected chi connectivity index (χ4v) is 1.85. The van der Waals surface area contributed by atoms with Crippen LogP contribution in [-0.4, -0.2) is 22.5 Å². The first-order chi connectivity index (χ1) is 7.02. The van der Waals surface area contributed by atoms with E-state index in [9.17, 15) is 9.59 Å². The lowest BCUT2D eigenvalue weighted by Gasteiger charge is -2.38. The van der Waals surface area contributed by atoms with E-state index in [0.717, 1.165) is 19.3 Å². The Balaban J connectivity index is 2.52. The third-order valence-corrected chi connectivity index (χ3v) is 3.15. The van der Waals surface area contributed by atoms with Gasteiger partial charge in [-0.1, -0.05) is 20.3 Å². The monoisotopic (exact) mass is 213 g/mol. The molecule has 4 heteroatoms. The van der Waals surface area contributed by atoms with E-state index in [2.05, 4.69) is 5.32 Å². The molecule has 0 aromatic rings. The Hall–Kier alpha value is -1.06. The first-order valence-corrected chi connectivity index (χ1v) is 5.57. The van der Waals surface area contributed by atoms with Crippen molar-refractivity contribution in [2.24, 2.45) is 5.92 Å². The number of hydrogen-bond acceptors (Lipinski definition) is 2. The Morgan fingerprint density at radius 2 is 2.07 bits per heavy atom. The van der Waals surface area contributed by atoms with Crippen LogP contribution < -0.4 is 5.32 Å². The maximum absolute atomic E-state index is 11.7. The summed E-state index contributed by atoms with van der Waals surface area (Å²) in [5, 5.41) is 11.7. The van der Waals surface area contributed by atoms with E-state index in [1.807, 2.05) is 13.8 Å². The molecule has 1 aliphatic rings. The maximum Gasteiger partial charge on any atom is 0.329 e. The molecule has 1 unspecified atom stereocenters. The lowest BCUT2D eigenvalue weighted by Crippen LogP contribution is -2.60. The van der Waals surface area contributed by atoms with E-state index in [4.69, 9.17) is 5.11 Å². The molecular formula is C11H19NO3. The lowest BCUT2D eigenvalue weighted by molar-refractivity contribution is -0.152. The molecule has 0 radical (unpaired) electrons. The van der Waals surface area contributed by atoms with Gasteiger partial charge in [0.05, 0.1) is 0 Å². The fraction of sp³-hybridized carbons (Fsp3) is 0.818. The van der Waals surface area contributed by atoms with Crippen molar-refractivity contribution < 1.29 is 14.7 Å². The van der Waals surface area contributed by atoms with Gasteiger partial charge in [-0.3, -0.25) is 4.79 Å². The molecule has 0 aromatic carbocycles. The van der Waals surface area contributed by atoms with Crippen molar-refractivity contribution in [2.45, 2.75) is 51.5 Å². The van der Waals surface area contributed by atoms with Gasteiger partial charge in [0.25, 0.3) is 0 Å². The van der Waals surface area contributed by atoms with Crippen molar-refractivity contribution in [1.82, 2.24) is 5.32 Å². The average Bonchev–Trinajstić information content (AvgIpc) is 2.10. The van der Waals surface area contributed by atoms with Crippen molar-refractivity contribution >= 4 is 11.9 Å². The van der Waals surface area contributed by atoms with Crippen molar-refractivity contribution in [3.8, 4) is 0 Å². The maximum atomic E-state index is 11.7. The molecule has 2 N–H and O–H groups in total. The predicted octanol–water partition coefficient (Wildman–Crippen LogP) is 1.55. The number of carbonyl (C=O) groups excluding carboxylic acids is 1. The zero-order valence-electron chi connectivity index (χ0n) is 9.38. The van der Waals surface area contributed by atoms with Crippen LogP contribution in [0.25, 0.3) is 0 Å². The molecule has 0 spiro atoms. The second-order valence-electron chi connectivity index (χ2n) is 4.42. The topological polar surface area (TPSA) is 66.4 Å². The number of carbonyl (C=O) groups is 2. The summed E-state index contributed by atoms with van der Waals surface area (Å²) < 4.78 is 0. The van der Waals surface area contributed by atoms with Gasteiger partial charge in [0.1, 0.15) is 5.54 Å². The van der Waals surface area contributed by atoms with Crippen LogP contribution in [-0.2, 0) is 9.59 Å². The van der Waals surface area contributed by atoms with E-state index in [0.29, 0.717) is 12.8 Å². The van der Waals surface area contributed by atoms with Crippen LogP contribution in [0.3, 0.4) is 0 Å². The molecule has 1 amide bonds. The van der Waals surface area contributed by atoms with Gasteiger partial charge in [-0.15, -0.1) is 0 Å². The highest BCUT2D eigenvalue weighted by Gasteiger charge is 2.45. The lowest BCUT2D eigenvalue weighted by atomic mass is 9.76. The smallest absolute Gasteiger partial charge is 0.329 e. The largest absolute Gasteiger partial charge is 0.480 e. The van der Waals surface area contributed by atoms with E-state index < -0.39 is 11.5 Å². The van der Waals surface area contributed by atoms with Crippen LogP contribution in [0.5, 0.6) is 0 Å². The van der Waals surface area contributed by atoms with Gasteiger partial charge in [0.2, 0.25) is 5.91 Å². The van der Waals surface area contributed by atoms with Crippen LogP contribution in [0.1, 0.15) is 46.0 Å². The van der Waals surface area contributed by atoms with Crippen LogP contribution in [0.2, 0.25) is 0 Å². The number of hydrogen-bond donors (Lipinski definition) is 2. The molecule has 0 aliphatic heterocycles. The van der Waals surface area contributed by atoms with Gasteiger partial charge >= 0.3 is 5.97 Å². The van der Waals surface area contributed by atoms with Gasteiger partial charge < -0.3 is 10.4 Å². The highest BCUT2D eigenvalue weighted by atomic mass is 16.4. The van der Waals surface area contributed by atoms with Gasteiger partial charge in [0.15, 0.2) is 0 Å². The molecule has 0 aromatic heterocycles. The Labute approximate surface area is 90.0 Å². The number of nitrogens with one attached hydrogen (secondary N) is 1. The average molecular weight is 213 g/mol. The molecule has 1 rings (SSSR count). The van der Waals surface area contributed by atoms with Crippen LogP contribution in [0, 0.1) is 5.92 Å². The van der Waals surface area contributed by atoms with Crippen LogP contribution in [0.4, 0.5) is 0 Å². The summed E-state index contributed by atoms with van der Waals surface area (Å²) in [6, 6.07) is 0. The summed E-state index contributed by atoms with van der Waals surface area (Å²) in [6.45, 7) is 3.85. The molecule has 1 fully saturated rings. The van der Waals surface area contributed by atoms with E-state index in [-0.39, 0.29) is 11.8 Å². The summed E-state index contributed by atoms with van der Waals surface area (Å²) >= 11 is 0. The van der Waals surface area contributed by atoms with Crippen LogP contribution >= 0.6 is 0 Å². The Bertz CT molecular complexity index is 259. The molecule has 1 saturated carbocycles.